The number of hydrogen-bond acceptors (Lipinski definition) is 5. The standard InChI is InChI=1S/C18H17F2NO5/c1-12(17(23)21-11-15-3-2-10-24-15)25-16(22)9-6-13-4-7-14(8-5-13)26-18(19)20/h2-10,12,18H,11H2,1H3,(H,21,23)/b9-6+/t12-/m0/s1. The minimum absolute atomic E-state index is 0.0153. The molecule has 26 heavy (non-hydrogen) atoms. The molecule has 1 aromatic carbocycles. The molecule has 0 bridgehead atoms. The third-order valence-corrected chi connectivity index (χ3v) is 3.20. The molecule has 0 fully saturated rings. The molecule has 1 atom stereocenters. The van der Waals surface area contributed by atoms with E-state index in [0.29, 0.717) is 11.3 Å². The second-order valence-electron chi connectivity index (χ2n) is 5.16. The van der Waals surface area contributed by atoms with Gasteiger partial charge in [-0.25, -0.2) is 4.79 Å². The molecule has 0 radical (unpaired) electrons. The van der Waals surface area contributed by atoms with E-state index in [1.807, 2.05) is 0 Å². The van der Waals surface area contributed by atoms with Gasteiger partial charge in [0.2, 0.25) is 0 Å². The van der Waals surface area contributed by atoms with Crippen LogP contribution in [0.3, 0.4) is 0 Å². The summed E-state index contributed by atoms with van der Waals surface area (Å²) >= 11 is 0. The number of hydrogen-bond donors (Lipinski definition) is 1. The van der Waals surface area contributed by atoms with Gasteiger partial charge in [0.1, 0.15) is 11.5 Å². The molecule has 0 aliphatic heterocycles. The zero-order valence-corrected chi connectivity index (χ0v) is 13.9. The molecular weight excluding hydrogens is 348 g/mol. The minimum Gasteiger partial charge on any atom is -0.467 e. The van der Waals surface area contributed by atoms with Crippen LogP contribution in [0.1, 0.15) is 18.2 Å². The Balaban J connectivity index is 1.79. The molecule has 2 aromatic rings. The van der Waals surface area contributed by atoms with Crippen molar-refractivity contribution in [1.82, 2.24) is 5.32 Å². The van der Waals surface area contributed by atoms with E-state index in [0.717, 1.165) is 6.08 Å². The fraction of sp³-hybridized carbons (Fsp3) is 0.222. The highest BCUT2D eigenvalue weighted by atomic mass is 19.3. The van der Waals surface area contributed by atoms with Crippen LogP contribution in [0.5, 0.6) is 5.75 Å². The molecule has 0 saturated heterocycles. The van der Waals surface area contributed by atoms with Crippen molar-refractivity contribution >= 4 is 18.0 Å². The summed E-state index contributed by atoms with van der Waals surface area (Å²) in [7, 11) is 0. The predicted molar refractivity (Wildman–Crippen MR) is 88.2 cm³/mol. The van der Waals surface area contributed by atoms with Crippen molar-refractivity contribution in [3.05, 3.63) is 60.1 Å². The Labute approximate surface area is 148 Å². The summed E-state index contributed by atoms with van der Waals surface area (Å²) in [6.07, 6.45) is 3.08. The van der Waals surface area contributed by atoms with Crippen molar-refractivity contribution in [2.45, 2.75) is 26.2 Å². The van der Waals surface area contributed by atoms with E-state index in [2.05, 4.69) is 10.1 Å². The second-order valence-corrected chi connectivity index (χ2v) is 5.16. The molecule has 0 saturated carbocycles. The number of rotatable bonds is 8. The summed E-state index contributed by atoms with van der Waals surface area (Å²) in [5.74, 6) is -0.576. The third kappa shape index (κ3) is 6.39. The molecule has 2 rings (SSSR count). The van der Waals surface area contributed by atoms with E-state index in [1.54, 1.807) is 12.1 Å². The van der Waals surface area contributed by atoms with E-state index in [1.165, 1.54) is 43.5 Å². The maximum absolute atomic E-state index is 12.1. The summed E-state index contributed by atoms with van der Waals surface area (Å²) in [5.41, 5.74) is 0.582. The first-order valence-electron chi connectivity index (χ1n) is 7.67. The Morgan fingerprint density at radius 3 is 2.58 bits per heavy atom. The van der Waals surface area contributed by atoms with E-state index < -0.39 is 24.6 Å². The number of nitrogens with one attached hydrogen (secondary N) is 1. The Bertz CT molecular complexity index is 741. The number of esters is 1. The van der Waals surface area contributed by atoms with E-state index in [4.69, 9.17) is 9.15 Å². The van der Waals surface area contributed by atoms with Gasteiger partial charge in [-0.1, -0.05) is 12.1 Å². The summed E-state index contributed by atoms with van der Waals surface area (Å²) in [6.45, 7) is -1.26. The molecule has 1 heterocycles. The molecule has 138 valence electrons. The highest BCUT2D eigenvalue weighted by molar-refractivity contribution is 5.90. The lowest BCUT2D eigenvalue weighted by Gasteiger charge is -2.11. The van der Waals surface area contributed by atoms with Crippen LogP contribution in [-0.2, 0) is 20.9 Å². The smallest absolute Gasteiger partial charge is 0.387 e. The van der Waals surface area contributed by atoms with Gasteiger partial charge in [0, 0.05) is 6.08 Å². The molecule has 8 heteroatoms. The first-order valence-corrected chi connectivity index (χ1v) is 7.67. The van der Waals surface area contributed by atoms with E-state index in [-0.39, 0.29) is 12.3 Å². The SMILES string of the molecule is C[C@H](OC(=O)/C=C/c1ccc(OC(F)F)cc1)C(=O)NCc1ccco1. The maximum atomic E-state index is 12.1. The van der Waals surface area contributed by atoms with Crippen LogP contribution < -0.4 is 10.1 Å². The maximum Gasteiger partial charge on any atom is 0.387 e. The summed E-state index contributed by atoms with van der Waals surface area (Å²) in [5, 5.41) is 2.58. The molecule has 1 aromatic heterocycles. The fourth-order valence-electron chi connectivity index (χ4n) is 1.92. The molecule has 1 N–H and O–H groups in total. The molecule has 1 amide bonds. The summed E-state index contributed by atoms with van der Waals surface area (Å²) in [6, 6.07) is 9.10. The van der Waals surface area contributed by atoms with Crippen molar-refractivity contribution in [3.63, 3.8) is 0 Å². The second kappa shape index (κ2) is 9.36. The van der Waals surface area contributed by atoms with Crippen molar-refractivity contribution in [3.8, 4) is 5.75 Å². The molecule has 0 spiro atoms. The van der Waals surface area contributed by atoms with Gasteiger partial charge in [-0.05, 0) is 42.8 Å². The van der Waals surface area contributed by atoms with Crippen molar-refractivity contribution in [2.24, 2.45) is 0 Å². The molecule has 0 aliphatic rings. The number of halogens is 2. The van der Waals surface area contributed by atoms with Crippen molar-refractivity contribution < 1.29 is 32.3 Å². The number of carbonyl (C=O) groups excluding carboxylic acids is 2. The Kier molecular flexibility index (Phi) is 6.90. The van der Waals surface area contributed by atoms with Crippen molar-refractivity contribution in [1.29, 1.82) is 0 Å². The zero-order chi connectivity index (χ0) is 18.9. The molecular formula is C18H17F2NO5. The van der Waals surface area contributed by atoms with Crippen LogP contribution in [-0.4, -0.2) is 24.6 Å². The lowest BCUT2D eigenvalue weighted by atomic mass is 10.2. The van der Waals surface area contributed by atoms with Gasteiger partial charge in [-0.15, -0.1) is 0 Å². The first kappa shape index (κ1) is 19.2. The highest BCUT2D eigenvalue weighted by Gasteiger charge is 2.16. The first-order chi connectivity index (χ1) is 12.4. The third-order valence-electron chi connectivity index (χ3n) is 3.20. The van der Waals surface area contributed by atoms with Gasteiger partial charge in [0.15, 0.2) is 6.10 Å². The number of furan rings is 1. The summed E-state index contributed by atoms with van der Waals surface area (Å²) in [4.78, 5) is 23.6. The largest absolute Gasteiger partial charge is 0.467 e. The van der Waals surface area contributed by atoms with Crippen LogP contribution in [0.25, 0.3) is 6.08 Å². The van der Waals surface area contributed by atoms with Gasteiger partial charge in [0.25, 0.3) is 5.91 Å². The van der Waals surface area contributed by atoms with Gasteiger partial charge >= 0.3 is 12.6 Å². The van der Waals surface area contributed by atoms with Crippen LogP contribution >= 0.6 is 0 Å². The van der Waals surface area contributed by atoms with E-state index >= 15 is 0 Å². The quantitative estimate of drug-likeness (QED) is 0.574. The van der Waals surface area contributed by atoms with Crippen LogP contribution in [0.2, 0.25) is 0 Å². The minimum atomic E-state index is -2.90. The number of benzene rings is 1. The monoisotopic (exact) mass is 365 g/mol. The van der Waals surface area contributed by atoms with Crippen LogP contribution in [0, 0.1) is 0 Å². The Morgan fingerprint density at radius 2 is 1.96 bits per heavy atom. The lowest BCUT2D eigenvalue weighted by Crippen LogP contribution is -2.35. The number of alkyl halides is 2. The van der Waals surface area contributed by atoms with Gasteiger partial charge < -0.3 is 19.2 Å². The van der Waals surface area contributed by atoms with Gasteiger partial charge in [-0.2, -0.15) is 8.78 Å². The normalized spacial score (nSPS) is 12.2. The highest BCUT2D eigenvalue weighted by Crippen LogP contribution is 2.15. The van der Waals surface area contributed by atoms with Crippen LogP contribution in [0.4, 0.5) is 8.78 Å². The molecule has 6 nitrogen and oxygen atoms in total. The molecule has 0 aliphatic carbocycles. The lowest BCUT2D eigenvalue weighted by molar-refractivity contribution is -0.150. The number of ether oxygens (including phenoxy) is 2. The van der Waals surface area contributed by atoms with Crippen molar-refractivity contribution in [2.75, 3.05) is 0 Å². The average Bonchev–Trinajstić information content (AvgIpc) is 3.12. The molecule has 0 unspecified atom stereocenters. The summed E-state index contributed by atoms with van der Waals surface area (Å²) < 4.78 is 38.4. The van der Waals surface area contributed by atoms with Crippen LogP contribution in [0.15, 0.2) is 53.2 Å². The number of amides is 1. The van der Waals surface area contributed by atoms with Gasteiger partial charge in [-0.3, -0.25) is 4.79 Å². The van der Waals surface area contributed by atoms with E-state index in [9.17, 15) is 18.4 Å². The zero-order valence-electron chi connectivity index (χ0n) is 13.9. The topological polar surface area (TPSA) is 77.8 Å². The Morgan fingerprint density at radius 1 is 1.23 bits per heavy atom. The van der Waals surface area contributed by atoms with Gasteiger partial charge in [0.05, 0.1) is 12.8 Å². The predicted octanol–water partition coefficient (Wildman–Crippen LogP) is 3.14. The fourth-order valence-corrected chi connectivity index (χ4v) is 1.92. The number of carbonyl (C=O) groups is 2. The average molecular weight is 365 g/mol. The Hall–Kier alpha value is -3.16.